The molecule has 0 bridgehead atoms. The Kier molecular flexibility index (Phi) is 4.66. The van der Waals surface area contributed by atoms with Crippen LogP contribution in [0.15, 0.2) is 30.3 Å². The second-order valence-electron chi connectivity index (χ2n) is 5.74. The van der Waals surface area contributed by atoms with Gasteiger partial charge in [-0.3, -0.25) is 4.79 Å². The van der Waals surface area contributed by atoms with Crippen molar-refractivity contribution in [2.24, 2.45) is 0 Å². The Bertz CT molecular complexity index is 695. The molecule has 0 unspecified atom stereocenters. The summed E-state index contributed by atoms with van der Waals surface area (Å²) in [6.45, 7) is 5.45. The van der Waals surface area contributed by atoms with Crippen molar-refractivity contribution in [3.63, 3.8) is 0 Å². The van der Waals surface area contributed by atoms with Crippen molar-refractivity contribution in [1.29, 1.82) is 0 Å². The molecule has 4 nitrogen and oxygen atoms in total. The highest BCUT2D eigenvalue weighted by Gasteiger charge is 2.21. The van der Waals surface area contributed by atoms with Gasteiger partial charge in [0.15, 0.2) is 6.29 Å². The topological polar surface area (TPSA) is 52.6 Å². The van der Waals surface area contributed by atoms with E-state index in [1.165, 1.54) is 18.4 Å². The van der Waals surface area contributed by atoms with Crippen molar-refractivity contribution in [3.8, 4) is 16.2 Å². The van der Waals surface area contributed by atoms with E-state index in [4.69, 9.17) is 9.47 Å². The first kappa shape index (κ1) is 16.2. The van der Waals surface area contributed by atoms with Gasteiger partial charge in [0.1, 0.15) is 16.9 Å². The molecule has 1 aromatic heterocycles. The highest BCUT2D eigenvalue weighted by Crippen LogP contribution is 2.32. The van der Waals surface area contributed by atoms with E-state index in [9.17, 15) is 9.59 Å². The lowest BCUT2D eigenvalue weighted by molar-refractivity contribution is 0.00665. The molecule has 5 heteroatoms. The van der Waals surface area contributed by atoms with E-state index < -0.39 is 11.6 Å². The Labute approximate surface area is 133 Å². The van der Waals surface area contributed by atoms with Gasteiger partial charge in [-0.25, -0.2) is 4.79 Å². The van der Waals surface area contributed by atoms with Gasteiger partial charge in [0.25, 0.3) is 0 Å². The van der Waals surface area contributed by atoms with Gasteiger partial charge in [-0.05, 0) is 50.6 Å². The second kappa shape index (κ2) is 6.32. The molecule has 0 atom stereocenters. The Morgan fingerprint density at radius 1 is 1.18 bits per heavy atom. The summed E-state index contributed by atoms with van der Waals surface area (Å²) in [5.41, 5.74) is 0.712. The molecule has 2 rings (SSSR count). The number of aldehydes is 1. The van der Waals surface area contributed by atoms with Gasteiger partial charge in [-0.15, -0.1) is 11.3 Å². The molecule has 0 radical (unpaired) electrons. The minimum absolute atomic E-state index is 0.383. The second-order valence-corrected chi connectivity index (χ2v) is 6.85. The Morgan fingerprint density at radius 2 is 1.91 bits per heavy atom. The maximum atomic E-state index is 12.2. The van der Waals surface area contributed by atoms with Crippen LogP contribution in [-0.4, -0.2) is 25.0 Å². The molecular formula is C17H18O4S. The van der Waals surface area contributed by atoms with Crippen LogP contribution in [0.1, 0.15) is 40.8 Å². The van der Waals surface area contributed by atoms with Crippen LogP contribution in [0.5, 0.6) is 5.75 Å². The van der Waals surface area contributed by atoms with Gasteiger partial charge in [0.2, 0.25) is 0 Å². The predicted octanol–water partition coefficient (Wildman–Crippen LogP) is 4.19. The molecule has 0 spiro atoms. The van der Waals surface area contributed by atoms with Crippen LogP contribution in [0.2, 0.25) is 0 Å². The Balaban J connectivity index is 2.35. The van der Waals surface area contributed by atoms with Gasteiger partial charge in [0, 0.05) is 4.88 Å². The quantitative estimate of drug-likeness (QED) is 0.626. The van der Waals surface area contributed by atoms with Crippen LogP contribution < -0.4 is 4.74 Å². The first-order valence-corrected chi connectivity index (χ1v) is 7.62. The lowest BCUT2D eigenvalue weighted by Gasteiger charge is -2.20. The maximum absolute atomic E-state index is 12.2. The van der Waals surface area contributed by atoms with E-state index in [2.05, 4.69) is 0 Å². The average Bonchev–Trinajstić information content (AvgIpc) is 2.93. The summed E-state index contributed by atoms with van der Waals surface area (Å²) in [5, 5.41) is 0. The number of rotatable bonds is 4. The number of carbonyl (C=O) groups is 2. The standard InChI is InChI=1S/C17H18O4S/c1-17(2,3)21-16(19)13-7-5-11(9-14(13)20-4)15-8-6-12(10-18)22-15/h5-10H,1-4H3. The largest absolute Gasteiger partial charge is 0.496 e. The average molecular weight is 318 g/mol. The molecular weight excluding hydrogens is 300 g/mol. The van der Waals surface area contributed by atoms with Crippen molar-refractivity contribution in [1.82, 2.24) is 0 Å². The third-order valence-electron chi connectivity index (χ3n) is 2.85. The van der Waals surface area contributed by atoms with Crippen molar-refractivity contribution in [2.75, 3.05) is 7.11 Å². The maximum Gasteiger partial charge on any atom is 0.342 e. The molecule has 0 aliphatic rings. The molecule has 0 aliphatic carbocycles. The number of thiophene rings is 1. The summed E-state index contributed by atoms with van der Waals surface area (Å²) in [7, 11) is 1.51. The Morgan fingerprint density at radius 3 is 2.45 bits per heavy atom. The van der Waals surface area contributed by atoms with Crippen molar-refractivity contribution in [2.45, 2.75) is 26.4 Å². The third kappa shape index (κ3) is 3.74. The van der Waals surface area contributed by atoms with Crippen molar-refractivity contribution in [3.05, 3.63) is 40.8 Å². The molecule has 0 aliphatic heterocycles. The number of benzene rings is 1. The molecule has 1 heterocycles. The molecule has 22 heavy (non-hydrogen) atoms. The molecule has 0 saturated carbocycles. The molecule has 2 aromatic rings. The predicted molar refractivity (Wildman–Crippen MR) is 86.9 cm³/mol. The fraction of sp³-hybridized carbons (Fsp3) is 0.294. The van der Waals surface area contributed by atoms with Crippen LogP contribution in [0.4, 0.5) is 0 Å². The van der Waals surface area contributed by atoms with Crippen molar-refractivity contribution >= 4 is 23.6 Å². The zero-order chi connectivity index (χ0) is 16.3. The zero-order valence-electron chi connectivity index (χ0n) is 13.0. The monoisotopic (exact) mass is 318 g/mol. The summed E-state index contributed by atoms with van der Waals surface area (Å²) in [4.78, 5) is 24.6. The molecule has 1 aromatic carbocycles. The van der Waals surface area contributed by atoms with Crippen LogP contribution in [0.3, 0.4) is 0 Å². The van der Waals surface area contributed by atoms with Gasteiger partial charge in [-0.2, -0.15) is 0 Å². The molecule has 0 saturated heterocycles. The number of methoxy groups -OCH3 is 1. The summed E-state index contributed by atoms with van der Waals surface area (Å²) in [5.74, 6) is 0.0310. The fourth-order valence-corrected chi connectivity index (χ4v) is 2.74. The molecule has 0 fully saturated rings. The number of hydrogen-bond acceptors (Lipinski definition) is 5. The SMILES string of the molecule is COc1cc(-c2ccc(C=O)s2)ccc1C(=O)OC(C)(C)C. The number of esters is 1. The molecule has 0 amide bonds. The van der Waals surface area contributed by atoms with Gasteiger partial charge >= 0.3 is 5.97 Å². The highest BCUT2D eigenvalue weighted by atomic mass is 32.1. The van der Waals surface area contributed by atoms with Crippen LogP contribution >= 0.6 is 11.3 Å². The summed E-state index contributed by atoms with van der Waals surface area (Å²) >= 11 is 1.39. The van der Waals surface area contributed by atoms with E-state index in [1.54, 1.807) is 18.2 Å². The van der Waals surface area contributed by atoms with Crippen LogP contribution in [-0.2, 0) is 4.74 Å². The number of ether oxygens (including phenoxy) is 2. The summed E-state index contributed by atoms with van der Waals surface area (Å²) in [6, 6.07) is 8.92. The number of hydrogen-bond donors (Lipinski definition) is 0. The van der Waals surface area contributed by atoms with Crippen LogP contribution in [0, 0.1) is 0 Å². The first-order valence-electron chi connectivity index (χ1n) is 6.81. The van der Waals surface area contributed by atoms with Gasteiger partial charge < -0.3 is 9.47 Å². The van der Waals surface area contributed by atoms with Crippen molar-refractivity contribution < 1.29 is 19.1 Å². The first-order chi connectivity index (χ1) is 10.3. The minimum atomic E-state index is -0.562. The summed E-state index contributed by atoms with van der Waals surface area (Å²) in [6.07, 6.45) is 0.820. The minimum Gasteiger partial charge on any atom is -0.496 e. The summed E-state index contributed by atoms with van der Waals surface area (Å²) < 4.78 is 10.7. The zero-order valence-corrected chi connectivity index (χ0v) is 13.8. The highest BCUT2D eigenvalue weighted by molar-refractivity contribution is 7.17. The lowest BCUT2D eigenvalue weighted by Crippen LogP contribution is -2.24. The van der Waals surface area contributed by atoms with Gasteiger partial charge in [0.05, 0.1) is 12.0 Å². The van der Waals surface area contributed by atoms with E-state index in [-0.39, 0.29) is 0 Å². The Hall–Kier alpha value is -2.14. The van der Waals surface area contributed by atoms with E-state index >= 15 is 0 Å². The lowest BCUT2D eigenvalue weighted by atomic mass is 10.1. The number of carbonyl (C=O) groups excluding carboxylic acids is 2. The van der Waals surface area contributed by atoms with E-state index in [1.807, 2.05) is 32.9 Å². The third-order valence-corrected chi connectivity index (χ3v) is 3.91. The van der Waals surface area contributed by atoms with Crippen LogP contribution in [0.25, 0.3) is 10.4 Å². The van der Waals surface area contributed by atoms with E-state index in [0.29, 0.717) is 16.2 Å². The normalized spacial score (nSPS) is 11.1. The smallest absolute Gasteiger partial charge is 0.342 e. The molecule has 116 valence electrons. The fourth-order valence-electron chi connectivity index (χ4n) is 1.92. The molecule has 0 N–H and O–H groups in total. The van der Waals surface area contributed by atoms with E-state index in [0.717, 1.165) is 16.7 Å². The van der Waals surface area contributed by atoms with Gasteiger partial charge in [-0.1, -0.05) is 6.07 Å².